The van der Waals surface area contributed by atoms with E-state index in [9.17, 15) is 4.79 Å². The molecule has 2 heteroatoms. The van der Waals surface area contributed by atoms with Gasteiger partial charge in [0.1, 0.15) is 0 Å². The van der Waals surface area contributed by atoms with E-state index < -0.39 is 0 Å². The predicted octanol–water partition coefficient (Wildman–Crippen LogP) is 3.88. The molecule has 0 rings (SSSR count). The zero-order valence-corrected chi connectivity index (χ0v) is 11.3. The number of hydrogen-bond acceptors (Lipinski definition) is 2. The highest BCUT2D eigenvalue weighted by Crippen LogP contribution is 2.02. The van der Waals surface area contributed by atoms with E-state index in [4.69, 9.17) is 0 Å². The van der Waals surface area contributed by atoms with Crippen LogP contribution in [0, 0.1) is 0 Å². The molecular weight excluding hydrogens is 188 g/mol. The van der Waals surface area contributed by atoms with Crippen molar-refractivity contribution in [1.82, 2.24) is 0 Å². The van der Waals surface area contributed by atoms with Gasteiger partial charge in [0.25, 0.3) is 0 Å². The summed E-state index contributed by atoms with van der Waals surface area (Å²) in [5.74, 6) is -0.241. The summed E-state index contributed by atoms with van der Waals surface area (Å²) < 4.78 is 4.48. The number of methoxy groups -OCH3 is 1. The molecule has 0 amide bonds. The van der Waals surface area contributed by atoms with Crippen LogP contribution in [0.5, 0.6) is 0 Å². The summed E-state index contributed by atoms with van der Waals surface area (Å²) >= 11 is 0. The van der Waals surface area contributed by atoms with Crippen LogP contribution in [0.3, 0.4) is 0 Å². The second kappa shape index (κ2) is 8.27. The molecule has 0 heterocycles. The quantitative estimate of drug-likeness (QED) is 0.374. The minimum atomic E-state index is -0.241. The van der Waals surface area contributed by atoms with E-state index in [2.05, 4.69) is 32.4 Å². The molecule has 0 radical (unpaired) electrons. The van der Waals surface area contributed by atoms with Crippen LogP contribution < -0.4 is 0 Å². The third-order valence-corrected chi connectivity index (χ3v) is 2.24. The lowest BCUT2D eigenvalue weighted by atomic mass is 10.2. The largest absolute Gasteiger partial charge is 0.466 e. The van der Waals surface area contributed by atoms with Crippen LogP contribution in [0.1, 0.15) is 48.5 Å². The molecule has 0 aliphatic rings. The number of rotatable bonds is 1. The normalized spacial score (nSPS) is 8.27. The smallest absolute Gasteiger partial charge is 0.333 e. The molecule has 0 aromatic rings. The summed E-state index contributed by atoms with van der Waals surface area (Å²) in [7, 11) is 1.38. The van der Waals surface area contributed by atoms with Gasteiger partial charge < -0.3 is 4.74 Å². The molecule has 0 spiro atoms. The molecule has 0 aromatic carbocycles. The van der Waals surface area contributed by atoms with Crippen LogP contribution in [0.15, 0.2) is 22.3 Å². The van der Waals surface area contributed by atoms with Crippen molar-refractivity contribution in [2.45, 2.75) is 48.5 Å². The van der Waals surface area contributed by atoms with Gasteiger partial charge in [0.05, 0.1) is 7.11 Å². The number of allylic oxidation sites excluding steroid dienone is 3. The first-order valence-electron chi connectivity index (χ1n) is 5.07. The minimum Gasteiger partial charge on any atom is -0.466 e. The lowest BCUT2D eigenvalue weighted by Gasteiger charge is -1.98. The molecule has 0 saturated heterocycles. The van der Waals surface area contributed by atoms with Crippen LogP contribution in [0.25, 0.3) is 0 Å². The van der Waals surface area contributed by atoms with Crippen LogP contribution in [-0.4, -0.2) is 13.1 Å². The maximum Gasteiger partial charge on any atom is 0.333 e. The Morgan fingerprint density at radius 2 is 1.07 bits per heavy atom. The van der Waals surface area contributed by atoms with Gasteiger partial charge in [0.15, 0.2) is 0 Å². The van der Waals surface area contributed by atoms with Crippen molar-refractivity contribution in [1.29, 1.82) is 0 Å². The van der Waals surface area contributed by atoms with Crippen LogP contribution in [-0.2, 0) is 9.53 Å². The van der Waals surface area contributed by atoms with Crippen LogP contribution in [0.4, 0.5) is 0 Å². The van der Waals surface area contributed by atoms with Gasteiger partial charge >= 0.3 is 5.97 Å². The Bertz CT molecular complexity index is 248. The number of hydrogen-bond donors (Lipinski definition) is 0. The Labute approximate surface area is 94.0 Å². The fourth-order valence-corrected chi connectivity index (χ4v) is 0.357. The lowest BCUT2D eigenvalue weighted by molar-refractivity contribution is -0.136. The van der Waals surface area contributed by atoms with E-state index in [-0.39, 0.29) is 5.97 Å². The Morgan fingerprint density at radius 3 is 1.13 bits per heavy atom. The van der Waals surface area contributed by atoms with E-state index in [1.165, 1.54) is 18.3 Å². The van der Waals surface area contributed by atoms with Gasteiger partial charge in [-0.1, -0.05) is 16.7 Å². The van der Waals surface area contributed by atoms with Crippen molar-refractivity contribution >= 4 is 5.97 Å². The third-order valence-electron chi connectivity index (χ3n) is 2.24. The monoisotopic (exact) mass is 212 g/mol. The standard InChI is InChI=1S/C7H12O2.C6H12/c1-5(2)6(3)7(8)9-4;1-5(2)6(3)4/h1-4H3;1-4H3. The maximum absolute atomic E-state index is 10.7. The summed E-state index contributed by atoms with van der Waals surface area (Å²) in [5, 5.41) is 0. The van der Waals surface area contributed by atoms with Crippen molar-refractivity contribution in [3.63, 3.8) is 0 Å². The van der Waals surface area contributed by atoms with Gasteiger partial charge in [0.2, 0.25) is 0 Å². The summed E-state index contributed by atoms with van der Waals surface area (Å²) in [6.07, 6.45) is 0. The first-order valence-corrected chi connectivity index (χ1v) is 5.07. The van der Waals surface area contributed by atoms with E-state index in [1.54, 1.807) is 6.92 Å². The molecule has 0 atom stereocenters. The highest BCUT2D eigenvalue weighted by molar-refractivity contribution is 5.88. The summed E-state index contributed by atoms with van der Waals surface area (Å²) in [5.41, 5.74) is 4.55. The molecule has 0 aromatic heterocycles. The van der Waals surface area contributed by atoms with E-state index >= 15 is 0 Å². The van der Waals surface area contributed by atoms with Crippen LogP contribution in [0.2, 0.25) is 0 Å². The number of ether oxygens (including phenoxy) is 1. The van der Waals surface area contributed by atoms with Crippen molar-refractivity contribution in [2.24, 2.45) is 0 Å². The van der Waals surface area contributed by atoms with Crippen LogP contribution >= 0.6 is 0 Å². The molecular formula is C13H24O2. The summed E-state index contributed by atoms with van der Waals surface area (Å²) in [6.45, 7) is 14.0. The summed E-state index contributed by atoms with van der Waals surface area (Å²) in [4.78, 5) is 10.7. The van der Waals surface area contributed by atoms with E-state index in [0.29, 0.717) is 5.57 Å². The van der Waals surface area contributed by atoms with E-state index in [0.717, 1.165) is 5.57 Å². The number of esters is 1. The fourth-order valence-electron chi connectivity index (χ4n) is 0.357. The van der Waals surface area contributed by atoms with Crippen molar-refractivity contribution in [2.75, 3.05) is 7.11 Å². The average molecular weight is 212 g/mol. The summed E-state index contributed by atoms with van der Waals surface area (Å²) in [6, 6.07) is 0. The number of carbonyl (C=O) groups excluding carboxylic acids is 1. The van der Waals surface area contributed by atoms with Gasteiger partial charge in [-0.25, -0.2) is 4.79 Å². The molecule has 2 nitrogen and oxygen atoms in total. The predicted molar refractivity (Wildman–Crippen MR) is 65.8 cm³/mol. The Kier molecular flexibility index (Phi) is 9.04. The zero-order valence-electron chi connectivity index (χ0n) is 11.3. The SMILES string of the molecule is CC(C)=C(C)C.COC(=O)C(C)=C(C)C. The molecule has 0 unspecified atom stereocenters. The fraction of sp³-hybridized carbons (Fsp3) is 0.615. The van der Waals surface area contributed by atoms with Crippen molar-refractivity contribution in [3.05, 3.63) is 22.3 Å². The van der Waals surface area contributed by atoms with Gasteiger partial charge in [-0.15, -0.1) is 0 Å². The third kappa shape index (κ3) is 9.26. The Hall–Kier alpha value is -1.05. The van der Waals surface area contributed by atoms with Gasteiger partial charge in [-0.2, -0.15) is 0 Å². The number of carbonyl (C=O) groups is 1. The molecule has 88 valence electrons. The Morgan fingerprint density at radius 1 is 0.733 bits per heavy atom. The first-order chi connectivity index (χ1) is 6.73. The van der Waals surface area contributed by atoms with Gasteiger partial charge in [0, 0.05) is 5.57 Å². The van der Waals surface area contributed by atoms with Gasteiger partial charge in [-0.05, 0) is 48.5 Å². The molecule has 0 aliphatic carbocycles. The highest BCUT2D eigenvalue weighted by atomic mass is 16.5. The second-order valence-electron chi connectivity index (χ2n) is 4.12. The molecule has 15 heavy (non-hydrogen) atoms. The lowest BCUT2D eigenvalue weighted by Crippen LogP contribution is -2.02. The minimum absolute atomic E-state index is 0.241. The molecule has 0 aliphatic heterocycles. The average Bonchev–Trinajstić information content (AvgIpc) is 2.16. The van der Waals surface area contributed by atoms with Crippen molar-refractivity contribution < 1.29 is 9.53 Å². The molecule has 0 fully saturated rings. The second-order valence-corrected chi connectivity index (χ2v) is 4.12. The highest BCUT2D eigenvalue weighted by Gasteiger charge is 2.02. The molecule has 0 saturated carbocycles. The van der Waals surface area contributed by atoms with E-state index in [1.807, 2.05) is 13.8 Å². The van der Waals surface area contributed by atoms with Crippen molar-refractivity contribution in [3.8, 4) is 0 Å². The topological polar surface area (TPSA) is 26.3 Å². The Balaban J connectivity index is 0. The maximum atomic E-state index is 10.7. The van der Waals surface area contributed by atoms with Gasteiger partial charge in [-0.3, -0.25) is 0 Å². The first kappa shape index (κ1) is 16.4. The molecule has 0 bridgehead atoms. The zero-order chi connectivity index (χ0) is 12.6. The molecule has 0 N–H and O–H groups in total.